The monoisotopic (exact) mass is 348 g/mol. The predicted octanol–water partition coefficient (Wildman–Crippen LogP) is 3.60. The number of fused-ring (bicyclic) bond motifs is 2. The van der Waals surface area contributed by atoms with Crippen LogP contribution in [0.25, 0.3) is 0 Å². The smallest absolute Gasteiger partial charge is 0.229 e. The molecule has 2 aliphatic rings. The number of aryl methyl sites for hydroxylation is 1. The summed E-state index contributed by atoms with van der Waals surface area (Å²) in [4.78, 5) is 4.01. The van der Waals surface area contributed by atoms with E-state index in [-0.39, 0.29) is 25.5 Å². The molecule has 0 radical (unpaired) electrons. The lowest BCUT2D eigenvalue weighted by molar-refractivity contribution is 0.130. The molecule has 0 aromatic carbocycles. The normalized spacial score (nSPS) is 34.5. The topological polar surface area (TPSA) is 59.1 Å². The Labute approximate surface area is 135 Å². The van der Waals surface area contributed by atoms with E-state index in [1.807, 2.05) is 0 Å². The van der Waals surface area contributed by atoms with Crippen molar-refractivity contribution in [3.63, 3.8) is 0 Å². The van der Waals surface area contributed by atoms with Gasteiger partial charge in [-0.25, -0.2) is 18.1 Å². The van der Waals surface area contributed by atoms with Gasteiger partial charge in [-0.1, -0.05) is 43.7 Å². The van der Waals surface area contributed by atoms with E-state index < -0.39 is 10.0 Å². The van der Waals surface area contributed by atoms with E-state index in [4.69, 9.17) is 11.6 Å². The van der Waals surface area contributed by atoms with Gasteiger partial charge >= 0.3 is 0 Å². The van der Waals surface area contributed by atoms with Gasteiger partial charge in [0.25, 0.3) is 10.0 Å². The number of aromatic nitrogens is 1. The summed E-state index contributed by atoms with van der Waals surface area (Å²) < 4.78 is 28.8. The number of thiazole rings is 1. The molecule has 0 aliphatic heterocycles. The van der Waals surface area contributed by atoms with Crippen molar-refractivity contribution < 1.29 is 8.42 Å². The molecule has 118 valence electrons. The third-order valence-electron chi connectivity index (χ3n) is 6.06. The lowest BCUT2D eigenvalue weighted by atomic mass is 9.69. The molecule has 2 fully saturated rings. The number of rotatable bonds is 3. The maximum absolute atomic E-state index is 12.7. The number of sulfonamides is 1. The van der Waals surface area contributed by atoms with Crippen LogP contribution in [0.3, 0.4) is 0 Å². The molecule has 3 unspecified atom stereocenters. The van der Waals surface area contributed by atoms with E-state index in [2.05, 4.69) is 30.5 Å². The van der Waals surface area contributed by atoms with Crippen molar-refractivity contribution in [3.8, 4) is 0 Å². The first kappa shape index (κ1) is 15.7. The number of hydrogen-bond acceptors (Lipinski definition) is 4. The van der Waals surface area contributed by atoms with Crippen LogP contribution in [0.2, 0.25) is 4.47 Å². The molecule has 1 aromatic heterocycles. The van der Waals surface area contributed by atoms with Gasteiger partial charge in [0.15, 0.2) is 8.68 Å². The van der Waals surface area contributed by atoms with Crippen LogP contribution in [0.1, 0.15) is 45.7 Å². The average molecular weight is 349 g/mol. The molecular formula is C14H21ClN2O2S2. The Morgan fingerprint density at radius 2 is 2.05 bits per heavy atom. The van der Waals surface area contributed by atoms with Crippen LogP contribution in [0, 0.1) is 23.7 Å². The SMILES string of the molecule is Cc1nc(Cl)sc1S(=O)(=O)NC1CC2CCC1(C)C2(C)C. The number of nitrogens with one attached hydrogen (secondary N) is 1. The van der Waals surface area contributed by atoms with Crippen LogP contribution >= 0.6 is 22.9 Å². The Hall–Kier alpha value is -0.170. The predicted molar refractivity (Wildman–Crippen MR) is 85.2 cm³/mol. The zero-order valence-electron chi connectivity index (χ0n) is 12.7. The lowest BCUT2D eigenvalue weighted by Crippen LogP contribution is -2.46. The molecule has 2 aliphatic carbocycles. The van der Waals surface area contributed by atoms with E-state index in [1.54, 1.807) is 6.92 Å². The maximum atomic E-state index is 12.7. The molecule has 7 heteroatoms. The van der Waals surface area contributed by atoms with Crippen LogP contribution in [0.15, 0.2) is 4.21 Å². The first-order valence-electron chi connectivity index (χ1n) is 7.23. The molecule has 3 rings (SSSR count). The van der Waals surface area contributed by atoms with Gasteiger partial charge in [-0.3, -0.25) is 0 Å². The molecule has 1 N–H and O–H groups in total. The van der Waals surface area contributed by atoms with Crippen molar-refractivity contribution in [3.05, 3.63) is 10.2 Å². The van der Waals surface area contributed by atoms with Crippen LogP contribution in [0.5, 0.6) is 0 Å². The third kappa shape index (κ3) is 2.18. The largest absolute Gasteiger partial charge is 0.252 e. The second-order valence-electron chi connectivity index (χ2n) is 7.12. The molecule has 0 saturated heterocycles. The average Bonchev–Trinajstić information content (AvgIpc) is 2.86. The molecule has 1 heterocycles. The van der Waals surface area contributed by atoms with Crippen LogP contribution < -0.4 is 4.72 Å². The van der Waals surface area contributed by atoms with Crippen LogP contribution in [-0.4, -0.2) is 19.4 Å². The zero-order valence-corrected chi connectivity index (χ0v) is 15.1. The van der Waals surface area contributed by atoms with E-state index >= 15 is 0 Å². The molecule has 1 aromatic rings. The van der Waals surface area contributed by atoms with E-state index in [9.17, 15) is 8.42 Å². The van der Waals surface area contributed by atoms with Gasteiger partial charge in [-0.15, -0.1) is 0 Å². The van der Waals surface area contributed by atoms with E-state index in [1.165, 1.54) is 6.42 Å². The van der Waals surface area contributed by atoms with Gasteiger partial charge in [0, 0.05) is 6.04 Å². The molecule has 4 nitrogen and oxygen atoms in total. The number of halogens is 1. The number of hydrogen-bond donors (Lipinski definition) is 1. The molecule has 0 amide bonds. The highest BCUT2D eigenvalue weighted by molar-refractivity contribution is 7.91. The molecule has 3 atom stereocenters. The Bertz CT molecular complexity index is 683. The Morgan fingerprint density at radius 1 is 1.38 bits per heavy atom. The Kier molecular flexibility index (Phi) is 3.49. The Balaban J connectivity index is 1.90. The highest BCUT2D eigenvalue weighted by atomic mass is 35.5. The van der Waals surface area contributed by atoms with Crippen molar-refractivity contribution in [2.45, 2.75) is 57.2 Å². The van der Waals surface area contributed by atoms with Crippen molar-refractivity contribution in [2.75, 3.05) is 0 Å². The second kappa shape index (κ2) is 4.66. The van der Waals surface area contributed by atoms with Crippen molar-refractivity contribution in [1.29, 1.82) is 0 Å². The van der Waals surface area contributed by atoms with Crippen molar-refractivity contribution in [2.24, 2.45) is 16.7 Å². The first-order valence-corrected chi connectivity index (χ1v) is 9.91. The molecule has 2 bridgehead atoms. The summed E-state index contributed by atoms with van der Waals surface area (Å²) in [6, 6.07) is -0.00322. The summed E-state index contributed by atoms with van der Waals surface area (Å²) >= 11 is 6.87. The highest BCUT2D eigenvalue weighted by Crippen LogP contribution is 2.65. The third-order valence-corrected chi connectivity index (χ3v) is 9.41. The van der Waals surface area contributed by atoms with Gasteiger partial charge in [0.05, 0.1) is 5.69 Å². The molecule has 21 heavy (non-hydrogen) atoms. The fraction of sp³-hybridized carbons (Fsp3) is 0.786. The maximum Gasteiger partial charge on any atom is 0.252 e. The van der Waals surface area contributed by atoms with Gasteiger partial charge in [-0.05, 0) is 42.9 Å². The van der Waals surface area contributed by atoms with Gasteiger partial charge in [-0.2, -0.15) is 0 Å². The summed E-state index contributed by atoms with van der Waals surface area (Å²) in [5.74, 6) is 0.598. The van der Waals surface area contributed by atoms with Crippen molar-refractivity contribution in [1.82, 2.24) is 9.71 Å². The fourth-order valence-electron chi connectivity index (χ4n) is 4.22. The van der Waals surface area contributed by atoms with Crippen LogP contribution in [-0.2, 0) is 10.0 Å². The second-order valence-corrected chi connectivity index (χ2v) is 10.6. The summed E-state index contributed by atoms with van der Waals surface area (Å²) in [7, 11) is -3.54. The standard InChI is InChI=1S/C14H21ClN2O2S2/c1-8-11(20-12(15)16-8)21(18,19)17-10-7-9-5-6-14(10,4)13(9,2)3/h9-10,17H,5-7H2,1-4H3. The minimum absolute atomic E-state index is 0.00322. The van der Waals surface area contributed by atoms with Gasteiger partial charge in [0.2, 0.25) is 0 Å². The molecule has 0 spiro atoms. The van der Waals surface area contributed by atoms with Crippen LogP contribution in [0.4, 0.5) is 0 Å². The van der Waals surface area contributed by atoms with Gasteiger partial charge in [0.1, 0.15) is 0 Å². The van der Waals surface area contributed by atoms with Gasteiger partial charge < -0.3 is 0 Å². The molecule has 2 saturated carbocycles. The lowest BCUT2D eigenvalue weighted by Gasteiger charge is -2.39. The molecular weight excluding hydrogens is 328 g/mol. The minimum atomic E-state index is -3.54. The zero-order chi connectivity index (χ0) is 15.6. The summed E-state index contributed by atoms with van der Waals surface area (Å²) in [5.41, 5.74) is 0.679. The first-order chi connectivity index (χ1) is 9.58. The minimum Gasteiger partial charge on any atom is -0.229 e. The summed E-state index contributed by atoms with van der Waals surface area (Å²) in [5, 5.41) is 0. The van der Waals surface area contributed by atoms with E-state index in [0.29, 0.717) is 11.6 Å². The van der Waals surface area contributed by atoms with Crippen molar-refractivity contribution >= 4 is 33.0 Å². The van der Waals surface area contributed by atoms with E-state index in [0.717, 1.165) is 24.2 Å². The Morgan fingerprint density at radius 3 is 2.48 bits per heavy atom. The fourth-order valence-corrected chi connectivity index (χ4v) is 7.34. The number of nitrogens with zero attached hydrogens (tertiary/aromatic N) is 1. The quantitative estimate of drug-likeness (QED) is 0.907. The highest BCUT2D eigenvalue weighted by Gasteiger charge is 2.62. The summed E-state index contributed by atoms with van der Waals surface area (Å²) in [6.07, 6.45) is 3.21. The summed E-state index contributed by atoms with van der Waals surface area (Å²) in [6.45, 7) is 8.45.